The first-order valence-electron chi connectivity index (χ1n) is 6.90. The summed E-state index contributed by atoms with van der Waals surface area (Å²) in [6.45, 7) is 0.850. The second-order valence-electron chi connectivity index (χ2n) is 5.20. The van der Waals surface area contributed by atoms with Crippen LogP contribution in [0.25, 0.3) is 11.1 Å². The van der Waals surface area contributed by atoms with Gasteiger partial charge in [0, 0.05) is 19.3 Å². The Morgan fingerprint density at radius 2 is 1.95 bits per heavy atom. The second-order valence-corrected chi connectivity index (χ2v) is 5.20. The number of aliphatic hydroxyl groups is 1. The highest BCUT2D eigenvalue weighted by Gasteiger charge is 2.17. The molecule has 0 spiro atoms. The van der Waals surface area contributed by atoms with Gasteiger partial charge >= 0.3 is 0 Å². The molecular weight excluding hydrogens is 250 g/mol. The van der Waals surface area contributed by atoms with E-state index in [1.54, 1.807) is 7.11 Å². The highest BCUT2D eigenvalue weighted by molar-refractivity contribution is 5.78. The zero-order valence-corrected chi connectivity index (χ0v) is 11.6. The van der Waals surface area contributed by atoms with Crippen molar-refractivity contribution in [1.29, 1.82) is 0 Å². The lowest BCUT2D eigenvalue weighted by atomic mass is 10.1. The fraction of sp³-hybridized carbons (Fsp3) is 0.294. The third kappa shape index (κ3) is 2.55. The molecule has 1 atom stereocenters. The van der Waals surface area contributed by atoms with Crippen LogP contribution in [0, 0.1) is 0 Å². The average molecular weight is 269 g/mol. The van der Waals surface area contributed by atoms with Crippen molar-refractivity contribution in [2.24, 2.45) is 0 Å². The monoisotopic (exact) mass is 269 g/mol. The van der Waals surface area contributed by atoms with E-state index >= 15 is 0 Å². The van der Waals surface area contributed by atoms with Gasteiger partial charge in [0.15, 0.2) is 0 Å². The largest absolute Gasteiger partial charge is 0.389 e. The first kappa shape index (κ1) is 13.2. The van der Waals surface area contributed by atoms with E-state index in [0.29, 0.717) is 13.2 Å². The van der Waals surface area contributed by atoms with Gasteiger partial charge in [-0.1, -0.05) is 30.3 Å². The molecule has 2 N–H and O–H groups in total. The van der Waals surface area contributed by atoms with Gasteiger partial charge in [-0.15, -0.1) is 0 Å². The molecule has 0 aromatic heterocycles. The predicted molar refractivity (Wildman–Crippen MR) is 81.1 cm³/mol. The summed E-state index contributed by atoms with van der Waals surface area (Å²) in [5.41, 5.74) is 6.44. The van der Waals surface area contributed by atoms with E-state index in [4.69, 9.17) is 4.74 Å². The van der Waals surface area contributed by atoms with Gasteiger partial charge in [0.05, 0.1) is 12.7 Å². The Morgan fingerprint density at radius 3 is 2.80 bits per heavy atom. The van der Waals surface area contributed by atoms with Crippen LogP contribution in [0.1, 0.15) is 11.1 Å². The van der Waals surface area contributed by atoms with E-state index in [9.17, 15) is 5.11 Å². The van der Waals surface area contributed by atoms with Crippen LogP contribution in [0.2, 0.25) is 0 Å². The SMILES string of the molecule is COCC(O)CNc1ccc2c(c1)Cc1ccccc1-2. The number of hydrogen-bond donors (Lipinski definition) is 2. The number of nitrogens with one attached hydrogen (secondary N) is 1. The van der Waals surface area contributed by atoms with Crippen LogP contribution in [-0.4, -0.2) is 31.5 Å². The maximum absolute atomic E-state index is 9.66. The summed E-state index contributed by atoms with van der Waals surface area (Å²) in [6.07, 6.45) is 0.507. The zero-order chi connectivity index (χ0) is 13.9. The first-order valence-corrected chi connectivity index (χ1v) is 6.90. The molecule has 2 aromatic rings. The van der Waals surface area contributed by atoms with Crippen LogP contribution in [-0.2, 0) is 11.2 Å². The molecule has 1 unspecified atom stereocenters. The van der Waals surface area contributed by atoms with Gasteiger partial charge in [-0.05, 0) is 40.8 Å². The Balaban J connectivity index is 1.74. The van der Waals surface area contributed by atoms with E-state index in [2.05, 4.69) is 47.8 Å². The minimum Gasteiger partial charge on any atom is -0.389 e. The smallest absolute Gasteiger partial charge is 0.0945 e. The number of hydrogen-bond acceptors (Lipinski definition) is 3. The maximum Gasteiger partial charge on any atom is 0.0945 e. The van der Waals surface area contributed by atoms with Gasteiger partial charge in [0.25, 0.3) is 0 Å². The molecule has 3 heteroatoms. The molecule has 0 saturated heterocycles. The Kier molecular flexibility index (Phi) is 3.72. The van der Waals surface area contributed by atoms with Crippen molar-refractivity contribution >= 4 is 5.69 Å². The van der Waals surface area contributed by atoms with Crippen molar-refractivity contribution in [3.05, 3.63) is 53.6 Å². The number of aliphatic hydroxyl groups excluding tert-OH is 1. The van der Waals surface area contributed by atoms with Gasteiger partial charge in [-0.2, -0.15) is 0 Å². The highest BCUT2D eigenvalue weighted by atomic mass is 16.5. The van der Waals surface area contributed by atoms with Crippen molar-refractivity contribution < 1.29 is 9.84 Å². The van der Waals surface area contributed by atoms with E-state index in [-0.39, 0.29) is 0 Å². The van der Waals surface area contributed by atoms with Crippen molar-refractivity contribution in [2.75, 3.05) is 25.6 Å². The Hall–Kier alpha value is -1.84. The molecule has 0 aliphatic heterocycles. The summed E-state index contributed by atoms with van der Waals surface area (Å²) in [5, 5.41) is 12.9. The first-order chi connectivity index (χ1) is 9.78. The van der Waals surface area contributed by atoms with Crippen molar-refractivity contribution in [1.82, 2.24) is 0 Å². The number of ether oxygens (including phenoxy) is 1. The van der Waals surface area contributed by atoms with E-state index in [1.807, 2.05) is 0 Å². The molecule has 1 aliphatic rings. The summed E-state index contributed by atoms with van der Waals surface area (Å²) in [5.74, 6) is 0. The van der Waals surface area contributed by atoms with Gasteiger partial charge < -0.3 is 15.2 Å². The summed E-state index contributed by atoms with van der Waals surface area (Å²) in [4.78, 5) is 0. The molecule has 2 aromatic carbocycles. The lowest BCUT2D eigenvalue weighted by Gasteiger charge is -2.12. The van der Waals surface area contributed by atoms with Gasteiger partial charge in [-0.25, -0.2) is 0 Å². The summed E-state index contributed by atoms with van der Waals surface area (Å²) in [6, 6.07) is 14.9. The van der Waals surface area contributed by atoms with Crippen LogP contribution >= 0.6 is 0 Å². The molecule has 0 saturated carbocycles. The summed E-state index contributed by atoms with van der Waals surface area (Å²) >= 11 is 0. The minimum atomic E-state index is -0.481. The maximum atomic E-state index is 9.66. The number of methoxy groups -OCH3 is 1. The van der Waals surface area contributed by atoms with Crippen molar-refractivity contribution in [2.45, 2.75) is 12.5 Å². The zero-order valence-electron chi connectivity index (χ0n) is 11.6. The molecular formula is C17H19NO2. The lowest BCUT2D eigenvalue weighted by molar-refractivity contribution is 0.0727. The molecule has 0 bridgehead atoms. The van der Waals surface area contributed by atoms with Gasteiger partial charge in [0.1, 0.15) is 0 Å². The van der Waals surface area contributed by atoms with Crippen LogP contribution < -0.4 is 5.32 Å². The minimum absolute atomic E-state index is 0.351. The summed E-state index contributed by atoms with van der Waals surface area (Å²) < 4.78 is 4.92. The molecule has 0 heterocycles. The number of fused-ring (bicyclic) bond motifs is 3. The van der Waals surface area contributed by atoms with Crippen LogP contribution in [0.15, 0.2) is 42.5 Å². The van der Waals surface area contributed by atoms with Crippen LogP contribution in [0.5, 0.6) is 0 Å². The standard InChI is InChI=1S/C17H19NO2/c1-20-11-15(19)10-18-14-6-7-17-13(9-14)8-12-4-2-3-5-16(12)17/h2-7,9,15,18-19H,8,10-11H2,1H3. The van der Waals surface area contributed by atoms with Crippen molar-refractivity contribution in [3.8, 4) is 11.1 Å². The fourth-order valence-corrected chi connectivity index (χ4v) is 2.74. The average Bonchev–Trinajstić information content (AvgIpc) is 2.83. The lowest BCUT2D eigenvalue weighted by Crippen LogP contribution is -2.24. The van der Waals surface area contributed by atoms with Gasteiger partial charge in [0.2, 0.25) is 0 Å². The van der Waals surface area contributed by atoms with E-state index < -0.39 is 6.10 Å². The van der Waals surface area contributed by atoms with Crippen molar-refractivity contribution in [3.63, 3.8) is 0 Å². The number of rotatable bonds is 5. The molecule has 104 valence electrons. The fourth-order valence-electron chi connectivity index (χ4n) is 2.74. The topological polar surface area (TPSA) is 41.5 Å². The summed E-state index contributed by atoms with van der Waals surface area (Å²) in [7, 11) is 1.59. The second kappa shape index (κ2) is 5.65. The van der Waals surface area contributed by atoms with E-state index in [0.717, 1.165) is 12.1 Å². The van der Waals surface area contributed by atoms with E-state index in [1.165, 1.54) is 22.3 Å². The third-order valence-electron chi connectivity index (χ3n) is 3.69. The van der Waals surface area contributed by atoms with Gasteiger partial charge in [-0.3, -0.25) is 0 Å². The molecule has 3 nitrogen and oxygen atoms in total. The van der Waals surface area contributed by atoms with Crippen LogP contribution in [0.3, 0.4) is 0 Å². The molecule has 20 heavy (non-hydrogen) atoms. The highest BCUT2D eigenvalue weighted by Crippen LogP contribution is 2.37. The number of benzene rings is 2. The molecule has 1 aliphatic carbocycles. The number of anilines is 1. The van der Waals surface area contributed by atoms with Crippen LogP contribution in [0.4, 0.5) is 5.69 Å². The molecule has 3 rings (SSSR count). The molecule has 0 amide bonds. The Morgan fingerprint density at radius 1 is 1.15 bits per heavy atom. The predicted octanol–water partition coefficient (Wildman–Crippen LogP) is 2.68. The normalized spacial score (nSPS) is 13.7. The third-order valence-corrected chi connectivity index (χ3v) is 3.69. The Bertz CT molecular complexity index is 610. The Labute approximate surface area is 119 Å². The molecule has 0 radical (unpaired) electrons. The molecule has 0 fully saturated rings. The quantitative estimate of drug-likeness (QED) is 0.748.